The highest BCUT2D eigenvalue weighted by molar-refractivity contribution is 5.86. The number of hydrogen-bond acceptors (Lipinski definition) is 2. The van der Waals surface area contributed by atoms with Crippen LogP contribution in [0.2, 0.25) is 0 Å². The van der Waals surface area contributed by atoms with Crippen LogP contribution in [0.25, 0.3) is 10.8 Å². The van der Waals surface area contributed by atoms with E-state index in [1.54, 1.807) is 6.92 Å². The number of nitrogens with one attached hydrogen (secondary N) is 2. The highest BCUT2D eigenvalue weighted by atomic mass is 16.4. The average molecular weight is 286 g/mol. The maximum absolute atomic E-state index is 11.7. The van der Waals surface area contributed by atoms with Crippen molar-refractivity contribution in [1.82, 2.24) is 10.6 Å². The molecule has 21 heavy (non-hydrogen) atoms. The number of aliphatic carboxylic acids is 1. The van der Waals surface area contributed by atoms with Crippen LogP contribution in [0.3, 0.4) is 0 Å². The molecule has 0 fully saturated rings. The summed E-state index contributed by atoms with van der Waals surface area (Å²) >= 11 is 0. The highest BCUT2D eigenvalue weighted by Crippen LogP contribution is 2.18. The van der Waals surface area contributed by atoms with E-state index >= 15 is 0 Å². The minimum Gasteiger partial charge on any atom is -0.481 e. The van der Waals surface area contributed by atoms with Gasteiger partial charge in [-0.3, -0.25) is 4.79 Å². The summed E-state index contributed by atoms with van der Waals surface area (Å²) in [5, 5.41) is 16.3. The van der Waals surface area contributed by atoms with Crippen molar-refractivity contribution in [1.29, 1.82) is 0 Å². The van der Waals surface area contributed by atoms with Gasteiger partial charge in [-0.15, -0.1) is 0 Å². The fourth-order valence-corrected chi connectivity index (χ4v) is 2.02. The number of carbonyl (C=O) groups is 2. The summed E-state index contributed by atoms with van der Waals surface area (Å²) in [6.45, 7) is 2.05. The van der Waals surface area contributed by atoms with Gasteiger partial charge in [-0.25, -0.2) is 4.79 Å². The molecule has 5 heteroatoms. The Labute approximate surface area is 123 Å². The number of benzene rings is 2. The third-order valence-corrected chi connectivity index (χ3v) is 3.31. The van der Waals surface area contributed by atoms with E-state index in [4.69, 9.17) is 5.11 Å². The predicted molar refractivity (Wildman–Crippen MR) is 81.0 cm³/mol. The van der Waals surface area contributed by atoms with Crippen molar-refractivity contribution < 1.29 is 14.7 Å². The molecule has 0 saturated heterocycles. The predicted octanol–water partition coefficient (Wildman–Crippen LogP) is 2.36. The van der Waals surface area contributed by atoms with Crippen molar-refractivity contribution in [2.45, 2.75) is 13.5 Å². The van der Waals surface area contributed by atoms with Gasteiger partial charge in [-0.1, -0.05) is 49.4 Å². The molecule has 2 rings (SSSR count). The summed E-state index contributed by atoms with van der Waals surface area (Å²) < 4.78 is 0. The monoisotopic (exact) mass is 286 g/mol. The number of rotatable bonds is 5. The molecule has 3 N–H and O–H groups in total. The van der Waals surface area contributed by atoms with E-state index in [1.165, 1.54) is 0 Å². The molecule has 0 aromatic heterocycles. The van der Waals surface area contributed by atoms with Crippen molar-refractivity contribution in [2.24, 2.45) is 5.92 Å². The molecule has 110 valence electrons. The van der Waals surface area contributed by atoms with E-state index in [0.29, 0.717) is 6.54 Å². The molecular weight excluding hydrogens is 268 g/mol. The van der Waals surface area contributed by atoms with Gasteiger partial charge in [0.05, 0.1) is 5.92 Å². The smallest absolute Gasteiger partial charge is 0.315 e. The van der Waals surface area contributed by atoms with Crippen LogP contribution in [0.15, 0.2) is 42.5 Å². The number of hydrogen-bond donors (Lipinski definition) is 3. The van der Waals surface area contributed by atoms with Crippen LogP contribution >= 0.6 is 0 Å². The SMILES string of the molecule is CC(CNC(=O)NCc1cccc2ccccc12)C(=O)O. The molecule has 0 aliphatic carbocycles. The second-order valence-corrected chi connectivity index (χ2v) is 4.94. The van der Waals surface area contributed by atoms with Crippen LogP contribution < -0.4 is 10.6 Å². The Bertz CT molecular complexity index is 650. The Balaban J connectivity index is 1.93. The van der Waals surface area contributed by atoms with Gasteiger partial charge in [-0.2, -0.15) is 0 Å². The molecule has 5 nitrogen and oxygen atoms in total. The number of urea groups is 1. The average Bonchev–Trinajstić information content (AvgIpc) is 2.50. The first-order valence-electron chi connectivity index (χ1n) is 6.79. The molecule has 0 spiro atoms. The van der Waals surface area contributed by atoms with Gasteiger partial charge in [0.15, 0.2) is 0 Å². The van der Waals surface area contributed by atoms with Gasteiger partial charge >= 0.3 is 12.0 Å². The molecule has 0 aliphatic heterocycles. The van der Waals surface area contributed by atoms with Gasteiger partial charge < -0.3 is 15.7 Å². The largest absolute Gasteiger partial charge is 0.481 e. The van der Waals surface area contributed by atoms with Gasteiger partial charge in [-0.05, 0) is 16.3 Å². The van der Waals surface area contributed by atoms with E-state index in [2.05, 4.69) is 10.6 Å². The zero-order valence-corrected chi connectivity index (χ0v) is 11.8. The normalized spacial score (nSPS) is 11.9. The maximum atomic E-state index is 11.7. The molecule has 0 aliphatic rings. The topological polar surface area (TPSA) is 78.4 Å². The molecule has 0 heterocycles. The molecule has 2 aromatic carbocycles. The summed E-state index contributed by atoms with van der Waals surface area (Å²) in [6.07, 6.45) is 0. The zero-order chi connectivity index (χ0) is 15.2. The zero-order valence-electron chi connectivity index (χ0n) is 11.8. The van der Waals surface area contributed by atoms with E-state index < -0.39 is 11.9 Å². The molecule has 2 amide bonds. The van der Waals surface area contributed by atoms with Crippen molar-refractivity contribution in [3.05, 3.63) is 48.0 Å². The molecule has 1 unspecified atom stereocenters. The minimum absolute atomic E-state index is 0.108. The number of carboxylic acid groups (broad SMARTS) is 1. The first-order valence-corrected chi connectivity index (χ1v) is 6.79. The summed E-state index contributed by atoms with van der Waals surface area (Å²) in [6, 6.07) is 13.5. The van der Waals surface area contributed by atoms with Crippen molar-refractivity contribution >= 4 is 22.8 Å². The second-order valence-electron chi connectivity index (χ2n) is 4.94. The van der Waals surface area contributed by atoms with E-state index in [1.807, 2.05) is 42.5 Å². The van der Waals surface area contributed by atoms with E-state index in [-0.39, 0.29) is 12.6 Å². The molecular formula is C16H18N2O3. The van der Waals surface area contributed by atoms with E-state index in [0.717, 1.165) is 16.3 Å². The highest BCUT2D eigenvalue weighted by Gasteiger charge is 2.11. The van der Waals surface area contributed by atoms with Gasteiger partial charge in [0.2, 0.25) is 0 Å². The van der Waals surface area contributed by atoms with Crippen LogP contribution in [-0.4, -0.2) is 23.7 Å². The van der Waals surface area contributed by atoms with Gasteiger partial charge in [0, 0.05) is 13.1 Å². The Hall–Kier alpha value is -2.56. The van der Waals surface area contributed by atoms with Crippen molar-refractivity contribution in [3.8, 4) is 0 Å². The number of fused-ring (bicyclic) bond motifs is 1. The number of carboxylic acids is 1. The lowest BCUT2D eigenvalue weighted by atomic mass is 10.0. The Morgan fingerprint density at radius 3 is 2.57 bits per heavy atom. The second kappa shape index (κ2) is 6.74. The standard InChI is InChI=1S/C16H18N2O3/c1-11(15(19)20)9-17-16(21)18-10-13-7-4-6-12-5-2-3-8-14(12)13/h2-8,11H,9-10H2,1H3,(H,19,20)(H2,17,18,21). The Kier molecular flexibility index (Phi) is 4.77. The summed E-state index contributed by atoms with van der Waals surface area (Å²) in [5.41, 5.74) is 1.02. The third-order valence-electron chi connectivity index (χ3n) is 3.31. The lowest BCUT2D eigenvalue weighted by molar-refractivity contribution is -0.140. The first-order chi connectivity index (χ1) is 10.1. The summed E-state index contributed by atoms with van der Waals surface area (Å²) in [4.78, 5) is 22.3. The first kappa shape index (κ1) is 14.8. The van der Waals surface area contributed by atoms with Gasteiger partial charge in [0.25, 0.3) is 0 Å². The fourth-order valence-electron chi connectivity index (χ4n) is 2.02. The van der Waals surface area contributed by atoms with Crippen LogP contribution in [-0.2, 0) is 11.3 Å². The molecule has 1 atom stereocenters. The van der Waals surface area contributed by atoms with Crippen LogP contribution in [0, 0.1) is 5.92 Å². The van der Waals surface area contributed by atoms with Crippen LogP contribution in [0.4, 0.5) is 4.79 Å². The van der Waals surface area contributed by atoms with E-state index in [9.17, 15) is 9.59 Å². The lowest BCUT2D eigenvalue weighted by Gasteiger charge is -2.11. The van der Waals surface area contributed by atoms with Crippen molar-refractivity contribution in [2.75, 3.05) is 6.54 Å². The summed E-state index contributed by atoms with van der Waals surface area (Å²) in [5.74, 6) is -1.53. The Morgan fingerprint density at radius 1 is 1.10 bits per heavy atom. The van der Waals surface area contributed by atoms with Crippen molar-refractivity contribution in [3.63, 3.8) is 0 Å². The number of carbonyl (C=O) groups excluding carboxylic acids is 1. The third kappa shape index (κ3) is 3.95. The lowest BCUT2D eigenvalue weighted by Crippen LogP contribution is -2.38. The molecule has 2 aromatic rings. The Morgan fingerprint density at radius 2 is 1.81 bits per heavy atom. The maximum Gasteiger partial charge on any atom is 0.315 e. The number of amides is 2. The molecule has 0 radical (unpaired) electrons. The van der Waals surface area contributed by atoms with Crippen LogP contribution in [0.5, 0.6) is 0 Å². The van der Waals surface area contributed by atoms with Gasteiger partial charge in [0.1, 0.15) is 0 Å². The molecule has 0 saturated carbocycles. The fraction of sp³-hybridized carbons (Fsp3) is 0.250. The quantitative estimate of drug-likeness (QED) is 0.789. The molecule has 0 bridgehead atoms. The minimum atomic E-state index is -0.927. The summed E-state index contributed by atoms with van der Waals surface area (Å²) in [7, 11) is 0. The van der Waals surface area contributed by atoms with Crippen LogP contribution in [0.1, 0.15) is 12.5 Å².